The van der Waals surface area contributed by atoms with Crippen LogP contribution in [0, 0.1) is 0 Å². The van der Waals surface area contributed by atoms with E-state index in [2.05, 4.69) is 0 Å². The fraction of sp³-hybridized carbons (Fsp3) is 0.250. The number of ether oxygens (including phenoxy) is 1. The largest absolute Gasteiger partial charge is 0.399 e. The zero-order chi connectivity index (χ0) is 13.6. The number of benzene rings is 2. The Kier molecular flexibility index (Phi) is 10.5. The maximum absolute atomic E-state index is 5.36. The first kappa shape index (κ1) is 16.2. The first-order valence-electron chi connectivity index (χ1n) is 6.16. The quantitative estimate of drug-likeness (QED) is 0.807. The second kappa shape index (κ2) is 11.7. The molecule has 0 saturated carbocycles. The Balaban J connectivity index is 0.000000289. The number of methoxy groups -OCH3 is 1. The molecule has 18 heavy (non-hydrogen) atoms. The van der Waals surface area contributed by atoms with Crippen molar-refractivity contribution >= 4 is 5.69 Å². The molecule has 0 saturated heterocycles. The minimum Gasteiger partial charge on any atom is -0.399 e. The molecule has 2 rings (SSSR count). The number of hydrogen-bond acceptors (Lipinski definition) is 2. The molecule has 2 nitrogen and oxygen atoms in total. The fourth-order valence-electron chi connectivity index (χ4n) is 1.19. The summed E-state index contributed by atoms with van der Waals surface area (Å²) in [5, 5.41) is 0. The van der Waals surface area contributed by atoms with Crippen molar-refractivity contribution < 1.29 is 4.74 Å². The lowest BCUT2D eigenvalue weighted by atomic mass is 10.2. The molecule has 0 aliphatic heterocycles. The first-order valence-corrected chi connectivity index (χ1v) is 6.16. The Hall–Kier alpha value is -1.80. The minimum atomic E-state index is 0.709. The van der Waals surface area contributed by atoms with Crippen LogP contribution >= 0.6 is 0 Å². The van der Waals surface area contributed by atoms with E-state index in [-0.39, 0.29) is 0 Å². The molecule has 0 bridgehead atoms. The molecule has 2 heteroatoms. The topological polar surface area (TPSA) is 35.2 Å². The Morgan fingerprint density at radius 1 is 0.833 bits per heavy atom. The molecule has 0 aromatic heterocycles. The predicted molar refractivity (Wildman–Crippen MR) is 79.4 cm³/mol. The van der Waals surface area contributed by atoms with Crippen molar-refractivity contribution in [3.05, 3.63) is 66.2 Å². The third kappa shape index (κ3) is 8.36. The van der Waals surface area contributed by atoms with Gasteiger partial charge in [-0.25, -0.2) is 0 Å². The van der Waals surface area contributed by atoms with E-state index >= 15 is 0 Å². The molecule has 0 atom stereocenters. The standard InChI is InChI=1S/C8H10O.C6H7N.C2H6/c1-9-7-8-5-3-2-4-6-8;7-6-4-2-1-3-5-6;1-2/h2-6H,7H2,1H3;1-5H,7H2;1-2H3. The molecule has 0 heterocycles. The molecule has 0 fully saturated rings. The number of nitrogen functional groups attached to an aromatic ring is 1. The number of para-hydroxylation sites is 1. The maximum Gasteiger partial charge on any atom is 0.0713 e. The van der Waals surface area contributed by atoms with Gasteiger partial charge < -0.3 is 10.5 Å². The Bertz CT molecular complexity index is 373. The normalized spacial score (nSPS) is 8.39. The van der Waals surface area contributed by atoms with E-state index in [0.29, 0.717) is 6.61 Å². The third-order valence-electron chi connectivity index (χ3n) is 1.95. The lowest BCUT2D eigenvalue weighted by Gasteiger charge is -1.95. The summed E-state index contributed by atoms with van der Waals surface area (Å²) in [6.45, 7) is 4.71. The predicted octanol–water partition coefficient (Wildman–Crippen LogP) is 4.13. The van der Waals surface area contributed by atoms with Crippen LogP contribution in [-0.2, 0) is 11.3 Å². The first-order chi connectivity index (χ1) is 8.83. The van der Waals surface area contributed by atoms with Crippen LogP contribution in [0.4, 0.5) is 5.69 Å². The van der Waals surface area contributed by atoms with E-state index in [9.17, 15) is 0 Å². The Labute approximate surface area is 110 Å². The molecule has 0 aliphatic rings. The third-order valence-corrected chi connectivity index (χ3v) is 1.95. The van der Waals surface area contributed by atoms with Gasteiger partial charge in [-0.1, -0.05) is 62.4 Å². The van der Waals surface area contributed by atoms with Crippen molar-refractivity contribution in [3.8, 4) is 0 Å². The van der Waals surface area contributed by atoms with Crippen LogP contribution < -0.4 is 5.73 Å². The van der Waals surface area contributed by atoms with Crippen LogP contribution in [0.3, 0.4) is 0 Å². The minimum absolute atomic E-state index is 0.709. The van der Waals surface area contributed by atoms with Gasteiger partial charge in [0, 0.05) is 12.8 Å². The molecule has 0 unspecified atom stereocenters. The van der Waals surface area contributed by atoms with Gasteiger partial charge in [-0.3, -0.25) is 0 Å². The summed E-state index contributed by atoms with van der Waals surface area (Å²) in [5.41, 5.74) is 7.40. The summed E-state index contributed by atoms with van der Waals surface area (Å²) in [5.74, 6) is 0. The van der Waals surface area contributed by atoms with Crippen LogP contribution in [0.25, 0.3) is 0 Å². The van der Waals surface area contributed by atoms with Crippen LogP contribution in [0.5, 0.6) is 0 Å². The highest BCUT2D eigenvalue weighted by Gasteiger charge is 1.84. The lowest BCUT2D eigenvalue weighted by Crippen LogP contribution is -1.84. The van der Waals surface area contributed by atoms with E-state index in [0.717, 1.165) is 5.69 Å². The molecule has 0 spiro atoms. The van der Waals surface area contributed by atoms with Crippen molar-refractivity contribution in [1.82, 2.24) is 0 Å². The maximum atomic E-state index is 5.36. The zero-order valence-corrected chi connectivity index (χ0v) is 11.5. The van der Waals surface area contributed by atoms with Gasteiger partial charge in [0.25, 0.3) is 0 Å². The highest BCUT2D eigenvalue weighted by atomic mass is 16.5. The van der Waals surface area contributed by atoms with E-state index in [1.165, 1.54) is 5.56 Å². The van der Waals surface area contributed by atoms with Crippen molar-refractivity contribution in [2.45, 2.75) is 20.5 Å². The van der Waals surface area contributed by atoms with Crippen molar-refractivity contribution in [2.75, 3.05) is 12.8 Å². The van der Waals surface area contributed by atoms with Crippen molar-refractivity contribution in [3.63, 3.8) is 0 Å². The Morgan fingerprint density at radius 2 is 1.28 bits per heavy atom. The van der Waals surface area contributed by atoms with Crippen LogP contribution in [0.1, 0.15) is 19.4 Å². The SMILES string of the molecule is CC.COCc1ccccc1.Nc1ccccc1. The molecule has 0 amide bonds. The summed E-state index contributed by atoms with van der Waals surface area (Å²) < 4.78 is 4.93. The number of hydrogen-bond donors (Lipinski definition) is 1. The van der Waals surface area contributed by atoms with Gasteiger partial charge in [0.15, 0.2) is 0 Å². The highest BCUT2D eigenvalue weighted by Crippen LogP contribution is 1.98. The molecule has 98 valence electrons. The van der Waals surface area contributed by atoms with E-state index in [1.807, 2.05) is 74.5 Å². The molecule has 2 aromatic rings. The van der Waals surface area contributed by atoms with Crippen molar-refractivity contribution in [2.24, 2.45) is 0 Å². The smallest absolute Gasteiger partial charge is 0.0713 e. The van der Waals surface area contributed by atoms with Gasteiger partial charge in [0.1, 0.15) is 0 Å². The van der Waals surface area contributed by atoms with Gasteiger partial charge in [0.05, 0.1) is 6.61 Å². The van der Waals surface area contributed by atoms with Crippen molar-refractivity contribution in [1.29, 1.82) is 0 Å². The van der Waals surface area contributed by atoms with Gasteiger partial charge in [0.2, 0.25) is 0 Å². The Morgan fingerprint density at radius 3 is 1.61 bits per heavy atom. The second-order valence-corrected chi connectivity index (χ2v) is 3.33. The summed E-state index contributed by atoms with van der Waals surface area (Å²) in [6.07, 6.45) is 0. The summed E-state index contributed by atoms with van der Waals surface area (Å²) in [6, 6.07) is 19.6. The lowest BCUT2D eigenvalue weighted by molar-refractivity contribution is 0.185. The van der Waals surface area contributed by atoms with E-state index < -0.39 is 0 Å². The molecule has 2 N–H and O–H groups in total. The van der Waals surface area contributed by atoms with E-state index in [4.69, 9.17) is 10.5 Å². The fourth-order valence-corrected chi connectivity index (χ4v) is 1.19. The average Bonchev–Trinajstić information content (AvgIpc) is 2.44. The number of nitrogens with two attached hydrogens (primary N) is 1. The van der Waals surface area contributed by atoms with Gasteiger partial charge in [-0.2, -0.15) is 0 Å². The van der Waals surface area contributed by atoms with Crippen LogP contribution in [0.2, 0.25) is 0 Å². The van der Waals surface area contributed by atoms with Gasteiger partial charge in [-0.15, -0.1) is 0 Å². The number of anilines is 1. The zero-order valence-electron chi connectivity index (χ0n) is 11.5. The van der Waals surface area contributed by atoms with Gasteiger partial charge >= 0.3 is 0 Å². The monoisotopic (exact) mass is 245 g/mol. The molecular weight excluding hydrogens is 222 g/mol. The average molecular weight is 245 g/mol. The molecule has 0 aliphatic carbocycles. The molecule has 2 aromatic carbocycles. The summed E-state index contributed by atoms with van der Waals surface area (Å²) in [4.78, 5) is 0. The summed E-state index contributed by atoms with van der Waals surface area (Å²) >= 11 is 0. The highest BCUT2D eigenvalue weighted by molar-refractivity contribution is 5.35. The van der Waals surface area contributed by atoms with Crippen LogP contribution in [0.15, 0.2) is 60.7 Å². The van der Waals surface area contributed by atoms with E-state index in [1.54, 1.807) is 7.11 Å². The number of rotatable bonds is 2. The second-order valence-electron chi connectivity index (χ2n) is 3.33. The summed E-state index contributed by atoms with van der Waals surface area (Å²) in [7, 11) is 1.70. The molecular formula is C16H23NO. The van der Waals surface area contributed by atoms with Gasteiger partial charge in [-0.05, 0) is 17.7 Å². The molecule has 0 radical (unpaired) electrons. The van der Waals surface area contributed by atoms with Crippen LogP contribution in [-0.4, -0.2) is 7.11 Å².